The number of carbonyl (C=O) groups is 3. The second kappa shape index (κ2) is 10.7. The fourth-order valence-electron chi connectivity index (χ4n) is 5.38. The highest BCUT2D eigenvalue weighted by atomic mass is 32.1. The number of piperidine rings is 1. The number of anilines is 1. The summed E-state index contributed by atoms with van der Waals surface area (Å²) in [6.07, 6.45) is 4.15. The number of nitrogens with zero attached hydrogens (tertiary/aromatic N) is 4. The van der Waals surface area contributed by atoms with Crippen LogP contribution in [0.4, 0.5) is 5.69 Å². The number of thiazole rings is 1. The van der Waals surface area contributed by atoms with Crippen LogP contribution >= 0.6 is 11.3 Å². The average molecular weight is 537 g/mol. The topological polar surface area (TPSA) is 131 Å². The highest BCUT2D eigenvalue weighted by Gasteiger charge is 2.35. The van der Waals surface area contributed by atoms with E-state index >= 15 is 0 Å². The number of aromatic nitrogens is 2. The molecular weight excluding hydrogens is 504 g/mol. The second-order valence-electron chi connectivity index (χ2n) is 10.3. The summed E-state index contributed by atoms with van der Waals surface area (Å²) >= 11 is 1.74. The molecule has 0 radical (unpaired) electrons. The lowest BCUT2D eigenvalue weighted by Crippen LogP contribution is -2.46. The number of nitrogens with one attached hydrogen (secondary N) is 1. The first kappa shape index (κ1) is 26.1. The number of likely N-dealkylation sites (N-methyl/N-ethyl adjacent to an activating group) is 1. The third kappa shape index (κ3) is 5.21. The Labute approximate surface area is 225 Å². The van der Waals surface area contributed by atoms with Crippen molar-refractivity contribution in [3.8, 4) is 5.88 Å². The van der Waals surface area contributed by atoms with E-state index in [-0.39, 0.29) is 29.1 Å². The van der Waals surface area contributed by atoms with Gasteiger partial charge in [-0.25, -0.2) is 9.97 Å². The number of fused-ring (bicyclic) bond motifs is 1. The molecule has 1 aromatic carbocycles. The summed E-state index contributed by atoms with van der Waals surface area (Å²) in [7, 11) is 3.50. The van der Waals surface area contributed by atoms with Crippen molar-refractivity contribution in [2.75, 3.05) is 39.1 Å². The number of hydrogen-bond acceptors (Lipinski definition) is 8. The number of likely N-dealkylation sites (tertiary alicyclic amines) is 2. The van der Waals surface area contributed by atoms with E-state index in [1.807, 2.05) is 0 Å². The van der Waals surface area contributed by atoms with Crippen molar-refractivity contribution in [2.45, 2.75) is 38.1 Å². The fraction of sp³-hybridized carbons (Fsp3) is 0.444. The molecule has 2 fully saturated rings. The van der Waals surface area contributed by atoms with Gasteiger partial charge < -0.3 is 25.6 Å². The molecule has 2 aliphatic rings. The van der Waals surface area contributed by atoms with Crippen LogP contribution in [0.15, 0.2) is 30.5 Å². The first-order valence-electron chi connectivity index (χ1n) is 12.8. The second-order valence-corrected chi connectivity index (χ2v) is 11.3. The smallest absolute Gasteiger partial charge is 0.313 e. The highest BCUT2D eigenvalue weighted by Crippen LogP contribution is 2.37. The van der Waals surface area contributed by atoms with Gasteiger partial charge in [-0.3, -0.25) is 14.4 Å². The molecule has 10 nitrogen and oxygen atoms in total. The van der Waals surface area contributed by atoms with Crippen LogP contribution in [0, 0.1) is 5.92 Å². The van der Waals surface area contributed by atoms with E-state index in [9.17, 15) is 14.4 Å². The first-order chi connectivity index (χ1) is 18.2. The lowest BCUT2D eigenvalue weighted by atomic mass is 9.89. The number of carbonyl (C=O) groups excluding carboxylic acids is 3. The van der Waals surface area contributed by atoms with Crippen molar-refractivity contribution in [1.29, 1.82) is 0 Å². The molecule has 0 unspecified atom stereocenters. The summed E-state index contributed by atoms with van der Waals surface area (Å²) in [5.74, 6) is -1.41. The van der Waals surface area contributed by atoms with Crippen molar-refractivity contribution in [3.05, 3.63) is 46.6 Å². The first-order valence-corrected chi connectivity index (χ1v) is 13.6. The van der Waals surface area contributed by atoms with E-state index in [4.69, 9.17) is 15.5 Å². The predicted octanol–water partition coefficient (Wildman–Crippen LogP) is 3.16. The van der Waals surface area contributed by atoms with Crippen LogP contribution in [0.3, 0.4) is 0 Å². The van der Waals surface area contributed by atoms with Crippen molar-refractivity contribution >= 4 is 45.0 Å². The quantitative estimate of drug-likeness (QED) is 0.479. The maximum Gasteiger partial charge on any atom is 0.313 e. The Balaban J connectivity index is 1.37. The third-order valence-corrected chi connectivity index (χ3v) is 8.59. The van der Waals surface area contributed by atoms with Crippen molar-refractivity contribution in [3.63, 3.8) is 0 Å². The van der Waals surface area contributed by atoms with Gasteiger partial charge in [0.2, 0.25) is 5.88 Å². The minimum absolute atomic E-state index is 0.0161. The molecule has 2 aromatic heterocycles. The number of ether oxygens (including phenoxy) is 1. The number of rotatable bonds is 5. The van der Waals surface area contributed by atoms with Gasteiger partial charge >= 0.3 is 11.8 Å². The maximum atomic E-state index is 13.4. The van der Waals surface area contributed by atoms with Gasteiger partial charge in [0.1, 0.15) is 5.56 Å². The van der Waals surface area contributed by atoms with Crippen LogP contribution in [0.1, 0.15) is 59.1 Å². The van der Waals surface area contributed by atoms with Crippen LogP contribution in [0.2, 0.25) is 0 Å². The molecule has 2 aliphatic heterocycles. The zero-order valence-electron chi connectivity index (χ0n) is 21.8. The van der Waals surface area contributed by atoms with E-state index < -0.39 is 17.7 Å². The fourth-order valence-corrected chi connectivity index (χ4v) is 6.45. The van der Waals surface area contributed by atoms with Gasteiger partial charge in [-0.2, -0.15) is 0 Å². The average Bonchev–Trinajstić information content (AvgIpc) is 3.53. The monoisotopic (exact) mass is 536 g/mol. The van der Waals surface area contributed by atoms with Crippen LogP contribution in [0.25, 0.3) is 10.2 Å². The molecular formula is C27H32N6O4S. The molecule has 4 heterocycles. The molecule has 2 saturated heterocycles. The summed E-state index contributed by atoms with van der Waals surface area (Å²) in [6, 6.07) is 7.33. The summed E-state index contributed by atoms with van der Waals surface area (Å²) in [6.45, 7) is 4.66. The van der Waals surface area contributed by atoms with Gasteiger partial charge in [0.05, 0.1) is 40.3 Å². The SMILES string of the molecule is COc1ncc(NC(=O)C(=O)N2C[C@@H](C)CC[C@@H]2c2ccc3sc([C@H]4CCN(C)C4)nc3c2)cc1C(N)=O. The lowest BCUT2D eigenvalue weighted by molar-refractivity contribution is -0.146. The molecule has 5 rings (SSSR count). The number of nitrogens with two attached hydrogens (primary N) is 1. The predicted molar refractivity (Wildman–Crippen MR) is 145 cm³/mol. The van der Waals surface area contributed by atoms with Gasteiger partial charge in [0.25, 0.3) is 5.91 Å². The molecule has 3 amide bonds. The van der Waals surface area contributed by atoms with Gasteiger partial charge in [0.15, 0.2) is 0 Å². The van der Waals surface area contributed by atoms with Crippen molar-refractivity contribution < 1.29 is 19.1 Å². The van der Waals surface area contributed by atoms with Gasteiger partial charge in [0, 0.05) is 19.0 Å². The van der Waals surface area contributed by atoms with E-state index in [1.165, 1.54) is 19.4 Å². The lowest BCUT2D eigenvalue weighted by Gasteiger charge is -2.38. The van der Waals surface area contributed by atoms with Crippen molar-refractivity contribution in [2.24, 2.45) is 11.7 Å². The van der Waals surface area contributed by atoms with Crippen LogP contribution in [-0.2, 0) is 9.59 Å². The number of hydrogen-bond donors (Lipinski definition) is 2. The molecule has 11 heteroatoms. The number of amides is 3. The number of pyridine rings is 1. The van der Waals surface area contributed by atoms with Gasteiger partial charge in [-0.05, 0) is 62.5 Å². The Morgan fingerprint density at radius 2 is 1.97 bits per heavy atom. The Morgan fingerprint density at radius 1 is 1.16 bits per heavy atom. The number of primary amides is 1. The van der Waals surface area contributed by atoms with Gasteiger partial charge in [-0.15, -0.1) is 11.3 Å². The minimum Gasteiger partial charge on any atom is -0.480 e. The summed E-state index contributed by atoms with van der Waals surface area (Å²) in [5, 5.41) is 3.73. The number of methoxy groups -OCH3 is 1. The van der Waals surface area contributed by atoms with Crippen LogP contribution < -0.4 is 15.8 Å². The zero-order chi connectivity index (χ0) is 27.0. The molecule has 200 valence electrons. The molecule has 0 spiro atoms. The third-order valence-electron chi connectivity index (χ3n) is 7.39. The van der Waals surface area contributed by atoms with Crippen LogP contribution in [-0.4, -0.2) is 71.3 Å². The summed E-state index contributed by atoms with van der Waals surface area (Å²) in [5.41, 5.74) is 7.52. The van der Waals surface area contributed by atoms with E-state index in [2.05, 4.69) is 47.4 Å². The standard InChI is InChI=1S/C27H32N6O4S/c1-15-4-6-21(16-5-7-22-20(10-16)31-26(38-22)17-8-9-32(2)14-17)33(13-15)27(36)24(35)30-18-11-19(23(28)34)25(37-3)29-12-18/h5,7,10-12,15,17,21H,4,6,8-9,13-14H2,1-3H3,(H2,28,34)(H,30,35)/t15-,17-,21+/m0/s1. The Morgan fingerprint density at radius 3 is 2.68 bits per heavy atom. The molecule has 3 atom stereocenters. The van der Waals surface area contributed by atoms with E-state index in [1.54, 1.807) is 16.2 Å². The molecule has 0 aliphatic carbocycles. The number of benzene rings is 1. The van der Waals surface area contributed by atoms with Crippen molar-refractivity contribution in [1.82, 2.24) is 19.8 Å². The molecule has 0 bridgehead atoms. The summed E-state index contributed by atoms with van der Waals surface area (Å²) < 4.78 is 6.18. The normalized spacial score (nSPS) is 22.0. The Hall–Kier alpha value is -3.57. The van der Waals surface area contributed by atoms with Gasteiger partial charge in [-0.1, -0.05) is 13.0 Å². The molecule has 0 saturated carbocycles. The minimum atomic E-state index is -0.797. The molecule has 3 N–H and O–H groups in total. The van der Waals surface area contributed by atoms with Crippen LogP contribution in [0.5, 0.6) is 5.88 Å². The summed E-state index contributed by atoms with van der Waals surface area (Å²) in [4.78, 5) is 51.1. The van der Waals surface area contributed by atoms with E-state index in [0.717, 1.165) is 53.1 Å². The zero-order valence-corrected chi connectivity index (χ0v) is 22.6. The largest absolute Gasteiger partial charge is 0.480 e. The van der Waals surface area contributed by atoms with E-state index in [0.29, 0.717) is 12.5 Å². The Bertz CT molecular complexity index is 1390. The molecule has 38 heavy (non-hydrogen) atoms. The maximum absolute atomic E-state index is 13.4. The Kier molecular flexibility index (Phi) is 7.31. The molecule has 3 aromatic rings. The highest BCUT2D eigenvalue weighted by molar-refractivity contribution is 7.18.